The van der Waals surface area contributed by atoms with Crippen molar-refractivity contribution in [3.05, 3.63) is 46.2 Å². The Morgan fingerprint density at radius 1 is 1.22 bits per heavy atom. The predicted molar refractivity (Wildman–Crippen MR) is 82.1 cm³/mol. The van der Waals surface area contributed by atoms with Gasteiger partial charge in [-0.2, -0.15) is 0 Å². The molecule has 0 bridgehead atoms. The fourth-order valence-electron chi connectivity index (χ4n) is 1.95. The van der Waals surface area contributed by atoms with Gasteiger partial charge in [-0.25, -0.2) is 9.59 Å². The number of fused-ring (bicyclic) bond motifs is 1. The molecule has 1 aromatic heterocycles. The van der Waals surface area contributed by atoms with Gasteiger partial charge in [-0.05, 0) is 13.0 Å². The average Bonchev–Trinajstić information content (AvgIpc) is 2.52. The summed E-state index contributed by atoms with van der Waals surface area (Å²) in [5.41, 5.74) is 0.0799. The molecule has 1 aromatic carbocycles. The van der Waals surface area contributed by atoms with Gasteiger partial charge in [-0.3, -0.25) is 14.9 Å². The number of hydrogen-bond acceptors (Lipinski definition) is 5. The summed E-state index contributed by atoms with van der Waals surface area (Å²) in [6.07, 6.45) is 0. The number of ether oxygens (including phenoxy) is 1. The maximum absolute atomic E-state index is 12.1. The fraction of sp³-hybridized carbons (Fsp3) is 0.200. The second-order valence-corrected chi connectivity index (χ2v) is 4.58. The average molecular weight is 317 g/mol. The van der Waals surface area contributed by atoms with E-state index in [-0.39, 0.29) is 5.56 Å². The van der Waals surface area contributed by atoms with E-state index in [2.05, 4.69) is 10.3 Å². The van der Waals surface area contributed by atoms with E-state index >= 15 is 0 Å². The highest BCUT2D eigenvalue weighted by atomic mass is 16.5. The molecule has 3 N–H and O–H groups in total. The molecule has 2 aromatic rings. The van der Waals surface area contributed by atoms with Crippen molar-refractivity contribution in [1.82, 2.24) is 15.6 Å². The summed E-state index contributed by atoms with van der Waals surface area (Å²) in [7, 11) is 0. The molecule has 1 heterocycles. The molecule has 120 valence electrons. The van der Waals surface area contributed by atoms with E-state index in [1.165, 1.54) is 0 Å². The molecule has 0 aliphatic carbocycles. The Balaban J connectivity index is 2.08. The number of hydrogen-bond donors (Lipinski definition) is 3. The summed E-state index contributed by atoms with van der Waals surface area (Å²) < 4.78 is 4.85. The van der Waals surface area contributed by atoms with Crippen LogP contribution in [0.4, 0.5) is 4.79 Å². The van der Waals surface area contributed by atoms with Gasteiger partial charge in [0.25, 0.3) is 5.91 Å². The topological polar surface area (TPSA) is 117 Å². The maximum atomic E-state index is 12.1. The number of aromatic nitrogens is 1. The largest absolute Gasteiger partial charge is 0.452 e. The van der Waals surface area contributed by atoms with Gasteiger partial charge < -0.3 is 15.0 Å². The van der Waals surface area contributed by atoms with E-state index in [1.54, 1.807) is 31.2 Å². The lowest BCUT2D eigenvalue weighted by Crippen LogP contribution is -2.41. The molecule has 3 amide bonds. The quantitative estimate of drug-likeness (QED) is 0.711. The lowest BCUT2D eigenvalue weighted by molar-refractivity contribution is -0.123. The Morgan fingerprint density at radius 3 is 2.70 bits per heavy atom. The first-order valence-corrected chi connectivity index (χ1v) is 6.88. The Kier molecular flexibility index (Phi) is 5.08. The van der Waals surface area contributed by atoms with Gasteiger partial charge in [-0.1, -0.05) is 18.2 Å². The van der Waals surface area contributed by atoms with E-state index in [0.29, 0.717) is 17.4 Å². The number of H-pyrrole nitrogens is 1. The molecule has 23 heavy (non-hydrogen) atoms. The van der Waals surface area contributed by atoms with Gasteiger partial charge in [0.05, 0.1) is 5.56 Å². The number of urea groups is 1. The zero-order valence-corrected chi connectivity index (χ0v) is 12.3. The molecule has 8 heteroatoms. The summed E-state index contributed by atoms with van der Waals surface area (Å²) >= 11 is 0. The monoisotopic (exact) mass is 317 g/mol. The van der Waals surface area contributed by atoms with Crippen LogP contribution in [0.2, 0.25) is 0 Å². The van der Waals surface area contributed by atoms with Crippen molar-refractivity contribution < 1.29 is 19.1 Å². The number of imide groups is 1. The number of para-hydroxylation sites is 1. The summed E-state index contributed by atoms with van der Waals surface area (Å²) in [5.74, 6) is -1.59. The van der Waals surface area contributed by atoms with Gasteiger partial charge >= 0.3 is 12.0 Å². The number of carbonyl (C=O) groups excluding carboxylic acids is 3. The molecule has 0 saturated carbocycles. The first kappa shape index (κ1) is 16.2. The van der Waals surface area contributed by atoms with E-state index in [4.69, 9.17) is 4.74 Å². The van der Waals surface area contributed by atoms with Crippen LogP contribution in [0.1, 0.15) is 17.3 Å². The molecular weight excluding hydrogens is 302 g/mol. The van der Waals surface area contributed by atoms with Crippen molar-refractivity contribution in [3.8, 4) is 0 Å². The molecule has 0 saturated heterocycles. The standard InChI is InChI=1S/C15H15N3O5/c1-2-16-15(22)18-13(20)8-23-14(21)10-7-12(19)17-11-6-4-3-5-9(10)11/h3-7H,2,8H2,1H3,(H,17,19)(H2,16,18,20,22). The number of rotatable bonds is 4. The molecular formula is C15H15N3O5. The third kappa shape index (κ3) is 4.16. The van der Waals surface area contributed by atoms with Crippen LogP contribution < -0.4 is 16.2 Å². The number of nitrogens with one attached hydrogen (secondary N) is 3. The van der Waals surface area contributed by atoms with Gasteiger partial charge in [0.1, 0.15) is 0 Å². The molecule has 8 nitrogen and oxygen atoms in total. The van der Waals surface area contributed by atoms with E-state index < -0.39 is 30.1 Å². The van der Waals surface area contributed by atoms with Crippen molar-refractivity contribution in [2.24, 2.45) is 0 Å². The fourth-order valence-corrected chi connectivity index (χ4v) is 1.95. The molecule has 0 radical (unpaired) electrons. The van der Waals surface area contributed by atoms with Gasteiger partial charge in [-0.15, -0.1) is 0 Å². The van der Waals surface area contributed by atoms with Crippen LogP contribution in [0.15, 0.2) is 35.1 Å². The Morgan fingerprint density at radius 2 is 1.96 bits per heavy atom. The zero-order chi connectivity index (χ0) is 16.8. The third-order valence-electron chi connectivity index (χ3n) is 2.90. The van der Waals surface area contributed by atoms with Crippen LogP contribution in [-0.2, 0) is 9.53 Å². The summed E-state index contributed by atoms with van der Waals surface area (Å²) in [5, 5.41) is 4.87. The maximum Gasteiger partial charge on any atom is 0.339 e. The summed E-state index contributed by atoms with van der Waals surface area (Å²) in [6.45, 7) is 1.43. The number of aromatic amines is 1. The highest BCUT2D eigenvalue weighted by molar-refractivity contribution is 6.04. The molecule has 0 aliphatic heterocycles. The van der Waals surface area contributed by atoms with Gasteiger partial charge in [0.2, 0.25) is 5.56 Å². The van der Waals surface area contributed by atoms with E-state index in [1.807, 2.05) is 5.32 Å². The van der Waals surface area contributed by atoms with Crippen molar-refractivity contribution in [2.45, 2.75) is 6.92 Å². The van der Waals surface area contributed by atoms with Crippen LogP contribution in [0.25, 0.3) is 10.9 Å². The summed E-state index contributed by atoms with van der Waals surface area (Å²) in [6, 6.07) is 7.15. The zero-order valence-electron chi connectivity index (χ0n) is 12.3. The normalized spacial score (nSPS) is 10.1. The summed E-state index contributed by atoms with van der Waals surface area (Å²) in [4.78, 5) is 48.9. The van der Waals surface area contributed by atoms with Crippen LogP contribution >= 0.6 is 0 Å². The molecule has 0 unspecified atom stereocenters. The number of esters is 1. The molecule has 0 fully saturated rings. The van der Waals surface area contributed by atoms with E-state index in [9.17, 15) is 19.2 Å². The van der Waals surface area contributed by atoms with Crippen LogP contribution in [0, 0.1) is 0 Å². The second-order valence-electron chi connectivity index (χ2n) is 4.58. The lowest BCUT2D eigenvalue weighted by atomic mass is 10.1. The molecule has 2 rings (SSSR count). The van der Waals surface area contributed by atoms with Crippen molar-refractivity contribution >= 4 is 28.8 Å². The Hall–Kier alpha value is -3.16. The minimum atomic E-state index is -0.821. The Labute approximate surface area is 130 Å². The minimum absolute atomic E-state index is 0.0511. The highest BCUT2D eigenvalue weighted by Crippen LogP contribution is 2.15. The number of pyridine rings is 1. The predicted octanol–water partition coefficient (Wildman–Crippen LogP) is 0.531. The minimum Gasteiger partial charge on any atom is -0.452 e. The van der Waals surface area contributed by atoms with Crippen LogP contribution in [0.3, 0.4) is 0 Å². The first-order valence-electron chi connectivity index (χ1n) is 6.88. The van der Waals surface area contributed by atoms with E-state index in [0.717, 1.165) is 6.07 Å². The third-order valence-corrected chi connectivity index (χ3v) is 2.90. The molecule has 0 spiro atoms. The molecule has 0 aliphatic rings. The van der Waals surface area contributed by atoms with Crippen molar-refractivity contribution in [2.75, 3.05) is 13.2 Å². The van der Waals surface area contributed by atoms with Crippen molar-refractivity contribution in [3.63, 3.8) is 0 Å². The number of amides is 3. The van der Waals surface area contributed by atoms with Crippen LogP contribution in [-0.4, -0.2) is 36.0 Å². The smallest absolute Gasteiger partial charge is 0.339 e. The second kappa shape index (κ2) is 7.21. The number of carbonyl (C=O) groups is 3. The van der Waals surface area contributed by atoms with Crippen molar-refractivity contribution in [1.29, 1.82) is 0 Å². The van der Waals surface area contributed by atoms with Crippen LogP contribution in [0.5, 0.6) is 0 Å². The van der Waals surface area contributed by atoms with Gasteiger partial charge in [0.15, 0.2) is 6.61 Å². The first-order chi connectivity index (χ1) is 11.0. The van der Waals surface area contributed by atoms with Gasteiger partial charge in [0, 0.05) is 23.5 Å². The Bertz CT molecular complexity index is 812. The SMILES string of the molecule is CCNC(=O)NC(=O)COC(=O)c1cc(=O)[nH]c2ccccc12. The number of benzene rings is 1. The highest BCUT2D eigenvalue weighted by Gasteiger charge is 2.15. The molecule has 0 atom stereocenters. The lowest BCUT2D eigenvalue weighted by Gasteiger charge is -2.07.